The standard InChI is InChI=1S/C15H17FN4O3/c1-2-23-15(22)18-8-7-17-14(21)12-9-19-20-13(12)10-3-5-11(16)6-4-10/h3-6,9H,2,7-8H2,1H3,(H,17,21)(H,18,22)(H,19,20). The van der Waals surface area contributed by atoms with E-state index in [4.69, 9.17) is 4.74 Å². The van der Waals surface area contributed by atoms with Gasteiger partial charge in [-0.15, -0.1) is 0 Å². The van der Waals surface area contributed by atoms with Gasteiger partial charge in [0.1, 0.15) is 5.82 Å². The highest BCUT2D eigenvalue weighted by Crippen LogP contribution is 2.21. The quantitative estimate of drug-likeness (QED) is 0.706. The van der Waals surface area contributed by atoms with Gasteiger partial charge in [-0.3, -0.25) is 9.89 Å². The highest BCUT2D eigenvalue weighted by Gasteiger charge is 2.15. The Labute approximate surface area is 132 Å². The second-order valence-corrected chi connectivity index (χ2v) is 4.57. The number of hydrogen-bond donors (Lipinski definition) is 3. The van der Waals surface area contributed by atoms with Crippen LogP contribution in [0.1, 0.15) is 17.3 Å². The lowest BCUT2D eigenvalue weighted by Gasteiger charge is -2.07. The van der Waals surface area contributed by atoms with Crippen LogP contribution in [0.25, 0.3) is 11.3 Å². The van der Waals surface area contributed by atoms with Gasteiger partial charge in [0.15, 0.2) is 0 Å². The van der Waals surface area contributed by atoms with Gasteiger partial charge in [0.2, 0.25) is 0 Å². The Kier molecular flexibility index (Phi) is 5.67. The fourth-order valence-electron chi connectivity index (χ4n) is 1.91. The summed E-state index contributed by atoms with van der Waals surface area (Å²) in [5, 5.41) is 11.7. The minimum Gasteiger partial charge on any atom is -0.450 e. The van der Waals surface area contributed by atoms with Crippen molar-refractivity contribution in [2.45, 2.75) is 6.92 Å². The van der Waals surface area contributed by atoms with Crippen molar-refractivity contribution in [3.63, 3.8) is 0 Å². The molecule has 8 heteroatoms. The monoisotopic (exact) mass is 320 g/mol. The molecule has 0 aliphatic carbocycles. The largest absolute Gasteiger partial charge is 0.450 e. The van der Waals surface area contributed by atoms with Gasteiger partial charge < -0.3 is 15.4 Å². The van der Waals surface area contributed by atoms with Crippen molar-refractivity contribution in [3.8, 4) is 11.3 Å². The van der Waals surface area contributed by atoms with Crippen molar-refractivity contribution in [3.05, 3.63) is 41.8 Å². The number of amides is 2. The van der Waals surface area contributed by atoms with E-state index in [-0.39, 0.29) is 31.4 Å². The first-order valence-electron chi connectivity index (χ1n) is 7.10. The molecule has 0 bridgehead atoms. The van der Waals surface area contributed by atoms with E-state index in [1.807, 2.05) is 0 Å². The Balaban J connectivity index is 1.92. The van der Waals surface area contributed by atoms with E-state index in [1.165, 1.54) is 18.3 Å². The van der Waals surface area contributed by atoms with Crippen molar-refractivity contribution >= 4 is 12.0 Å². The second-order valence-electron chi connectivity index (χ2n) is 4.57. The first kappa shape index (κ1) is 16.5. The zero-order valence-electron chi connectivity index (χ0n) is 12.6. The molecule has 3 N–H and O–H groups in total. The molecule has 7 nitrogen and oxygen atoms in total. The lowest BCUT2D eigenvalue weighted by atomic mass is 10.1. The van der Waals surface area contributed by atoms with Crippen LogP contribution in [0.15, 0.2) is 30.5 Å². The molecule has 2 rings (SSSR count). The number of benzene rings is 1. The summed E-state index contributed by atoms with van der Waals surface area (Å²) in [5.41, 5.74) is 1.49. The van der Waals surface area contributed by atoms with Crippen molar-refractivity contribution < 1.29 is 18.7 Å². The number of aromatic nitrogens is 2. The zero-order chi connectivity index (χ0) is 16.7. The van der Waals surface area contributed by atoms with Gasteiger partial charge in [0.05, 0.1) is 24.1 Å². The number of alkyl carbamates (subject to hydrolysis) is 1. The first-order valence-corrected chi connectivity index (χ1v) is 7.10. The first-order chi connectivity index (χ1) is 11.1. The molecule has 0 saturated carbocycles. The van der Waals surface area contributed by atoms with Gasteiger partial charge in [-0.25, -0.2) is 9.18 Å². The zero-order valence-corrected chi connectivity index (χ0v) is 12.6. The van der Waals surface area contributed by atoms with Crippen LogP contribution in [0.4, 0.5) is 9.18 Å². The molecule has 0 fully saturated rings. The third-order valence-electron chi connectivity index (χ3n) is 2.97. The molecule has 0 aliphatic rings. The Morgan fingerprint density at radius 2 is 1.91 bits per heavy atom. The summed E-state index contributed by atoms with van der Waals surface area (Å²) < 4.78 is 17.7. The molecule has 23 heavy (non-hydrogen) atoms. The number of carbonyl (C=O) groups is 2. The van der Waals surface area contributed by atoms with Crippen LogP contribution in [0.3, 0.4) is 0 Å². The highest BCUT2D eigenvalue weighted by molar-refractivity contribution is 5.99. The van der Waals surface area contributed by atoms with E-state index in [0.29, 0.717) is 16.8 Å². The molecule has 2 aromatic rings. The second kappa shape index (κ2) is 7.92. The fourth-order valence-corrected chi connectivity index (χ4v) is 1.91. The minimum atomic E-state index is -0.530. The number of nitrogens with zero attached hydrogens (tertiary/aromatic N) is 1. The van der Waals surface area contributed by atoms with E-state index >= 15 is 0 Å². The average Bonchev–Trinajstić information content (AvgIpc) is 3.02. The van der Waals surface area contributed by atoms with Crippen LogP contribution >= 0.6 is 0 Å². The maximum absolute atomic E-state index is 13.0. The van der Waals surface area contributed by atoms with E-state index in [2.05, 4.69) is 20.8 Å². The molecule has 0 radical (unpaired) electrons. The number of rotatable bonds is 6. The number of aromatic amines is 1. The number of H-pyrrole nitrogens is 1. The lowest BCUT2D eigenvalue weighted by molar-refractivity contribution is 0.0953. The summed E-state index contributed by atoms with van der Waals surface area (Å²) in [6.45, 7) is 2.48. The van der Waals surface area contributed by atoms with Gasteiger partial charge in [-0.05, 0) is 31.2 Å². The lowest BCUT2D eigenvalue weighted by Crippen LogP contribution is -2.35. The van der Waals surface area contributed by atoms with E-state index in [1.54, 1.807) is 19.1 Å². The molecule has 0 atom stereocenters. The van der Waals surface area contributed by atoms with Crippen molar-refractivity contribution in [1.82, 2.24) is 20.8 Å². The van der Waals surface area contributed by atoms with Gasteiger partial charge in [0, 0.05) is 18.7 Å². The maximum atomic E-state index is 13.0. The van der Waals surface area contributed by atoms with E-state index in [0.717, 1.165) is 0 Å². The number of hydrogen-bond acceptors (Lipinski definition) is 4. The molecule has 0 saturated heterocycles. The van der Waals surface area contributed by atoms with E-state index < -0.39 is 6.09 Å². The molecule has 2 amide bonds. The summed E-state index contributed by atoms with van der Waals surface area (Å²) in [7, 11) is 0. The normalized spacial score (nSPS) is 10.2. The van der Waals surface area contributed by atoms with Crippen LogP contribution < -0.4 is 10.6 Å². The third kappa shape index (κ3) is 4.53. The predicted molar refractivity (Wildman–Crippen MR) is 81.3 cm³/mol. The van der Waals surface area contributed by atoms with Crippen LogP contribution in [0.5, 0.6) is 0 Å². The van der Waals surface area contributed by atoms with Crippen LogP contribution in [0.2, 0.25) is 0 Å². The van der Waals surface area contributed by atoms with Gasteiger partial charge in [0.25, 0.3) is 5.91 Å². The summed E-state index contributed by atoms with van der Waals surface area (Å²) in [4.78, 5) is 23.2. The molecule has 1 aromatic heterocycles. The Morgan fingerprint density at radius 3 is 2.61 bits per heavy atom. The predicted octanol–water partition coefficient (Wildman–Crippen LogP) is 1.69. The Bertz CT molecular complexity index is 670. The molecular weight excluding hydrogens is 303 g/mol. The van der Waals surface area contributed by atoms with Gasteiger partial charge in [-0.2, -0.15) is 5.10 Å². The fraction of sp³-hybridized carbons (Fsp3) is 0.267. The molecule has 0 unspecified atom stereocenters. The van der Waals surface area contributed by atoms with Crippen LogP contribution in [-0.2, 0) is 4.74 Å². The minimum absolute atomic E-state index is 0.242. The van der Waals surface area contributed by atoms with Crippen LogP contribution in [-0.4, -0.2) is 41.9 Å². The summed E-state index contributed by atoms with van der Waals surface area (Å²) in [5.74, 6) is -0.701. The smallest absolute Gasteiger partial charge is 0.407 e. The topological polar surface area (TPSA) is 96.1 Å². The summed E-state index contributed by atoms with van der Waals surface area (Å²) >= 11 is 0. The molecule has 0 spiro atoms. The highest BCUT2D eigenvalue weighted by atomic mass is 19.1. The SMILES string of the molecule is CCOC(=O)NCCNC(=O)c1cn[nH]c1-c1ccc(F)cc1. The van der Waals surface area contributed by atoms with Crippen LogP contribution in [0, 0.1) is 5.82 Å². The van der Waals surface area contributed by atoms with Crippen molar-refractivity contribution in [2.75, 3.05) is 19.7 Å². The molecular formula is C15H17FN4O3. The Morgan fingerprint density at radius 1 is 1.22 bits per heavy atom. The number of halogens is 1. The van der Waals surface area contributed by atoms with Crippen molar-refractivity contribution in [1.29, 1.82) is 0 Å². The Hall–Kier alpha value is -2.90. The molecule has 0 aliphatic heterocycles. The number of nitrogens with one attached hydrogen (secondary N) is 3. The molecule has 122 valence electrons. The van der Waals surface area contributed by atoms with Crippen molar-refractivity contribution in [2.24, 2.45) is 0 Å². The van der Waals surface area contributed by atoms with E-state index in [9.17, 15) is 14.0 Å². The average molecular weight is 320 g/mol. The summed E-state index contributed by atoms with van der Waals surface area (Å²) in [6.07, 6.45) is 0.865. The molecule has 1 heterocycles. The number of ether oxygens (including phenoxy) is 1. The number of carbonyl (C=O) groups excluding carboxylic acids is 2. The third-order valence-corrected chi connectivity index (χ3v) is 2.97. The summed E-state index contributed by atoms with van der Waals surface area (Å²) in [6, 6.07) is 5.73. The molecule has 1 aromatic carbocycles. The van der Waals surface area contributed by atoms with Gasteiger partial charge in [-0.1, -0.05) is 0 Å². The van der Waals surface area contributed by atoms with Gasteiger partial charge >= 0.3 is 6.09 Å². The maximum Gasteiger partial charge on any atom is 0.407 e.